The Hall–Kier alpha value is -0.670. The van der Waals surface area contributed by atoms with Crippen molar-refractivity contribution in [1.29, 1.82) is 0 Å². The lowest BCUT2D eigenvalue weighted by atomic mass is 9.99. The summed E-state index contributed by atoms with van der Waals surface area (Å²) in [6.45, 7) is 9.22. The molecule has 164 valence electrons. The molecule has 7 heteroatoms. The quantitative estimate of drug-likeness (QED) is 0.329. The maximum atomic E-state index is 5.59. The highest BCUT2D eigenvalue weighted by Crippen LogP contribution is 2.34. The summed E-state index contributed by atoms with van der Waals surface area (Å²) >= 11 is 2.06. The van der Waals surface area contributed by atoms with Crippen molar-refractivity contribution in [1.82, 2.24) is 10.6 Å². The highest BCUT2D eigenvalue weighted by atomic mass is 127. The van der Waals surface area contributed by atoms with Gasteiger partial charge in [0.2, 0.25) is 0 Å². The number of guanidine groups is 1. The number of rotatable bonds is 6. The zero-order chi connectivity index (χ0) is 19.8. The van der Waals surface area contributed by atoms with E-state index in [0.29, 0.717) is 6.04 Å². The molecule has 1 aromatic carbocycles. The Bertz CT molecular complexity index is 629. The van der Waals surface area contributed by atoms with Crippen molar-refractivity contribution in [3.05, 3.63) is 29.8 Å². The zero-order valence-electron chi connectivity index (χ0n) is 18.1. The first-order valence-electron chi connectivity index (χ1n) is 10.6. The Morgan fingerprint density at radius 1 is 1.28 bits per heavy atom. The fourth-order valence-corrected chi connectivity index (χ4v) is 5.38. The second kappa shape index (κ2) is 12.2. The van der Waals surface area contributed by atoms with Gasteiger partial charge < -0.3 is 20.3 Å². The van der Waals surface area contributed by atoms with Gasteiger partial charge in [0.25, 0.3) is 0 Å². The Kier molecular flexibility index (Phi) is 10.4. The average Bonchev–Trinajstić information content (AvgIpc) is 2.73. The summed E-state index contributed by atoms with van der Waals surface area (Å²) in [5.74, 6) is 2.07. The fraction of sp³-hybridized carbons (Fsp3) is 0.682. The molecule has 0 saturated carbocycles. The summed E-state index contributed by atoms with van der Waals surface area (Å²) in [6.07, 6.45) is 4.61. The van der Waals surface area contributed by atoms with Crippen molar-refractivity contribution >= 4 is 47.4 Å². The van der Waals surface area contributed by atoms with Crippen LogP contribution in [0.5, 0.6) is 0 Å². The molecule has 2 saturated heterocycles. The van der Waals surface area contributed by atoms with Gasteiger partial charge in [0.05, 0.1) is 0 Å². The number of anilines is 1. The van der Waals surface area contributed by atoms with Crippen molar-refractivity contribution in [3.63, 3.8) is 0 Å². The summed E-state index contributed by atoms with van der Waals surface area (Å²) in [4.78, 5) is 6.99. The van der Waals surface area contributed by atoms with Gasteiger partial charge in [-0.25, -0.2) is 0 Å². The highest BCUT2D eigenvalue weighted by molar-refractivity contribution is 14.0. The molecule has 3 rings (SSSR count). The molecule has 0 bridgehead atoms. The van der Waals surface area contributed by atoms with E-state index in [1.54, 1.807) is 0 Å². The van der Waals surface area contributed by atoms with Crippen LogP contribution in [-0.2, 0) is 4.74 Å². The third-order valence-corrected chi connectivity index (χ3v) is 7.27. The Balaban J connectivity index is 0.00000300. The molecule has 1 unspecified atom stereocenters. The fourth-order valence-electron chi connectivity index (χ4n) is 4.14. The Labute approximate surface area is 197 Å². The molecular formula is C22H37IN4OS. The van der Waals surface area contributed by atoms with Gasteiger partial charge in [-0.1, -0.05) is 24.6 Å². The molecule has 2 aliphatic rings. The lowest BCUT2D eigenvalue weighted by Crippen LogP contribution is -2.54. The first-order chi connectivity index (χ1) is 13.6. The van der Waals surface area contributed by atoms with E-state index in [2.05, 4.69) is 70.4 Å². The molecule has 0 aliphatic carbocycles. The van der Waals surface area contributed by atoms with E-state index >= 15 is 0 Å². The molecule has 2 fully saturated rings. The number of nitrogens with one attached hydrogen (secondary N) is 2. The summed E-state index contributed by atoms with van der Waals surface area (Å²) in [5.41, 5.74) is 2.63. The van der Waals surface area contributed by atoms with E-state index in [1.165, 1.54) is 24.1 Å². The van der Waals surface area contributed by atoms with Gasteiger partial charge in [-0.3, -0.25) is 4.99 Å². The number of hydrogen-bond donors (Lipinski definition) is 2. The van der Waals surface area contributed by atoms with Crippen LogP contribution in [0.3, 0.4) is 0 Å². The van der Waals surface area contributed by atoms with Crippen molar-refractivity contribution < 1.29 is 4.74 Å². The first kappa shape index (κ1) is 24.6. The second-order valence-electron chi connectivity index (χ2n) is 7.92. The summed E-state index contributed by atoms with van der Waals surface area (Å²) in [6, 6.07) is 9.30. The minimum absolute atomic E-state index is 0. The van der Waals surface area contributed by atoms with Gasteiger partial charge in [0.1, 0.15) is 0 Å². The molecule has 1 atom stereocenters. The van der Waals surface area contributed by atoms with Crippen molar-refractivity contribution in [2.45, 2.75) is 50.3 Å². The molecule has 0 radical (unpaired) electrons. The van der Waals surface area contributed by atoms with Gasteiger partial charge in [-0.05, 0) is 50.5 Å². The van der Waals surface area contributed by atoms with Crippen LogP contribution in [0.1, 0.15) is 38.2 Å². The van der Waals surface area contributed by atoms with E-state index in [4.69, 9.17) is 4.74 Å². The Morgan fingerprint density at radius 3 is 2.66 bits per heavy atom. The van der Waals surface area contributed by atoms with Gasteiger partial charge in [-0.15, -0.1) is 24.0 Å². The van der Waals surface area contributed by atoms with Gasteiger partial charge in [0, 0.05) is 56.4 Å². The lowest BCUT2D eigenvalue weighted by Gasteiger charge is -2.38. The predicted molar refractivity (Wildman–Crippen MR) is 137 cm³/mol. The van der Waals surface area contributed by atoms with E-state index in [9.17, 15) is 0 Å². The molecule has 2 N–H and O–H groups in total. The number of benzene rings is 1. The maximum absolute atomic E-state index is 5.59. The van der Waals surface area contributed by atoms with Crippen LogP contribution < -0.4 is 15.5 Å². The minimum Gasteiger partial charge on any atom is -0.381 e. The molecule has 2 aliphatic heterocycles. The number of thioether (sulfide) groups is 1. The van der Waals surface area contributed by atoms with Gasteiger partial charge in [0.15, 0.2) is 5.96 Å². The molecule has 0 spiro atoms. The monoisotopic (exact) mass is 532 g/mol. The molecule has 5 nitrogen and oxygen atoms in total. The SMILES string of the molecule is CCSC1(CNC(=NC)NC2CCCN(c3ccc(C)cc3)C2)CCOCC1.I. The summed E-state index contributed by atoms with van der Waals surface area (Å²) in [5, 5.41) is 7.29. The normalized spacial score (nSPS) is 22.0. The van der Waals surface area contributed by atoms with E-state index < -0.39 is 0 Å². The van der Waals surface area contributed by atoms with Crippen LogP contribution in [0.25, 0.3) is 0 Å². The van der Waals surface area contributed by atoms with Crippen LogP contribution >= 0.6 is 35.7 Å². The molecule has 29 heavy (non-hydrogen) atoms. The topological polar surface area (TPSA) is 48.9 Å². The number of aliphatic imine (C=N–C) groups is 1. The molecule has 0 aromatic heterocycles. The number of piperidine rings is 1. The second-order valence-corrected chi connectivity index (χ2v) is 9.65. The third-order valence-electron chi connectivity index (χ3n) is 5.82. The third kappa shape index (κ3) is 7.21. The lowest BCUT2D eigenvalue weighted by molar-refractivity contribution is 0.0782. The highest BCUT2D eigenvalue weighted by Gasteiger charge is 2.33. The molecular weight excluding hydrogens is 495 g/mol. The molecule has 0 amide bonds. The number of ether oxygens (including phenoxy) is 1. The number of hydrogen-bond acceptors (Lipinski definition) is 4. The standard InChI is InChI=1S/C22H36N4OS.HI/c1-4-28-22(11-14-27-15-12-22)17-24-21(23-3)25-19-6-5-13-26(16-19)20-9-7-18(2)8-10-20;/h7-10,19H,4-6,11-17H2,1-3H3,(H2,23,24,25);1H. The van der Waals surface area contributed by atoms with E-state index in [1.807, 2.05) is 7.05 Å². The number of halogens is 1. The Morgan fingerprint density at radius 2 is 2.00 bits per heavy atom. The largest absolute Gasteiger partial charge is 0.381 e. The predicted octanol–water partition coefficient (Wildman–Crippen LogP) is 4.05. The molecule has 1 aromatic rings. The van der Waals surface area contributed by atoms with Crippen molar-refractivity contribution in [2.24, 2.45) is 4.99 Å². The van der Waals surface area contributed by atoms with Crippen LogP contribution in [-0.4, -0.2) is 62.4 Å². The number of nitrogens with zero attached hydrogens (tertiary/aromatic N) is 2. The van der Waals surface area contributed by atoms with E-state index in [0.717, 1.165) is 57.4 Å². The molecule has 2 heterocycles. The van der Waals surface area contributed by atoms with E-state index in [-0.39, 0.29) is 28.7 Å². The minimum atomic E-state index is 0. The smallest absolute Gasteiger partial charge is 0.191 e. The zero-order valence-corrected chi connectivity index (χ0v) is 21.2. The summed E-state index contributed by atoms with van der Waals surface area (Å²) in [7, 11) is 1.87. The number of aryl methyl sites for hydroxylation is 1. The van der Waals surface area contributed by atoms with Crippen LogP contribution in [0, 0.1) is 6.92 Å². The average molecular weight is 533 g/mol. The van der Waals surface area contributed by atoms with Crippen LogP contribution in [0.2, 0.25) is 0 Å². The van der Waals surface area contributed by atoms with Crippen molar-refractivity contribution in [3.8, 4) is 0 Å². The maximum Gasteiger partial charge on any atom is 0.191 e. The van der Waals surface area contributed by atoms with Crippen molar-refractivity contribution in [2.75, 3.05) is 50.5 Å². The van der Waals surface area contributed by atoms with Gasteiger partial charge in [-0.2, -0.15) is 11.8 Å². The van der Waals surface area contributed by atoms with Gasteiger partial charge >= 0.3 is 0 Å². The summed E-state index contributed by atoms with van der Waals surface area (Å²) < 4.78 is 5.86. The first-order valence-corrected chi connectivity index (χ1v) is 11.6. The van der Waals surface area contributed by atoms with Crippen LogP contribution in [0.4, 0.5) is 5.69 Å². The van der Waals surface area contributed by atoms with Crippen LogP contribution in [0.15, 0.2) is 29.3 Å².